The number of carbonyl (C=O) groups excluding carboxylic acids is 1. The maximum Gasteiger partial charge on any atom is 0.311 e. The van der Waals surface area contributed by atoms with Crippen molar-refractivity contribution in [3.05, 3.63) is 63.7 Å². The van der Waals surface area contributed by atoms with Crippen molar-refractivity contribution in [2.24, 2.45) is 0 Å². The number of likely N-dealkylation sites (tertiary alicyclic amines) is 2. The first-order chi connectivity index (χ1) is 17.4. The lowest BCUT2D eigenvalue weighted by Crippen LogP contribution is -2.43. The molecule has 36 heavy (non-hydrogen) atoms. The van der Waals surface area contributed by atoms with Crippen LogP contribution in [0.3, 0.4) is 0 Å². The highest BCUT2D eigenvalue weighted by molar-refractivity contribution is 5.76. The van der Waals surface area contributed by atoms with Gasteiger partial charge in [0.1, 0.15) is 11.9 Å². The summed E-state index contributed by atoms with van der Waals surface area (Å²) in [4.78, 5) is 27.9. The van der Waals surface area contributed by atoms with Crippen LogP contribution in [0.2, 0.25) is 0 Å². The number of nitro benzene ring substituents is 1. The predicted molar refractivity (Wildman–Crippen MR) is 139 cm³/mol. The van der Waals surface area contributed by atoms with Crippen LogP contribution >= 0.6 is 0 Å². The summed E-state index contributed by atoms with van der Waals surface area (Å²) in [6.45, 7) is 8.50. The van der Waals surface area contributed by atoms with Crippen LogP contribution in [0.25, 0.3) is 0 Å². The number of hydrogen-bond acceptors (Lipinski definition) is 6. The SMILES string of the molecule is CCOc1cc(OC2CCN(C(=O)CCN3CCC(c4ccc(C)cc4)CC3)CC2)ccc1[N+](=O)[O-]. The highest BCUT2D eigenvalue weighted by Crippen LogP contribution is 2.32. The second-order valence-electron chi connectivity index (χ2n) is 9.79. The maximum atomic E-state index is 12.8. The molecule has 194 valence electrons. The first-order valence-corrected chi connectivity index (χ1v) is 13.1. The molecule has 0 radical (unpaired) electrons. The lowest BCUT2D eigenvalue weighted by Gasteiger charge is -2.34. The van der Waals surface area contributed by atoms with E-state index in [-0.39, 0.29) is 23.4 Å². The van der Waals surface area contributed by atoms with E-state index in [1.165, 1.54) is 17.2 Å². The fraction of sp³-hybridized carbons (Fsp3) is 0.536. The smallest absolute Gasteiger partial charge is 0.311 e. The average molecular weight is 496 g/mol. The standard InChI is InChI=1S/C28H37N3O5/c1-3-35-27-20-25(8-9-26(27)31(33)34)36-24-12-18-30(19-13-24)28(32)14-17-29-15-10-23(11-16-29)22-6-4-21(2)5-7-22/h4-9,20,23-24H,3,10-19H2,1-2H3. The van der Waals surface area contributed by atoms with Crippen LogP contribution in [-0.4, -0.2) is 66.1 Å². The Balaban J connectivity index is 1.18. The van der Waals surface area contributed by atoms with Gasteiger partial charge >= 0.3 is 5.69 Å². The summed E-state index contributed by atoms with van der Waals surface area (Å²) in [5, 5.41) is 11.2. The summed E-state index contributed by atoms with van der Waals surface area (Å²) in [7, 11) is 0. The summed E-state index contributed by atoms with van der Waals surface area (Å²) < 4.78 is 11.5. The maximum absolute atomic E-state index is 12.8. The summed E-state index contributed by atoms with van der Waals surface area (Å²) in [6, 6.07) is 13.5. The number of hydrogen-bond donors (Lipinski definition) is 0. The highest BCUT2D eigenvalue weighted by Gasteiger charge is 2.26. The minimum Gasteiger partial charge on any atom is -0.490 e. The molecule has 2 fully saturated rings. The predicted octanol–water partition coefficient (Wildman–Crippen LogP) is 4.94. The molecule has 2 aliphatic heterocycles. The van der Waals surface area contributed by atoms with Crippen molar-refractivity contribution >= 4 is 11.6 Å². The van der Waals surface area contributed by atoms with Crippen molar-refractivity contribution in [2.45, 2.75) is 58.0 Å². The molecular formula is C28H37N3O5. The normalized spacial score (nSPS) is 17.7. The Bertz CT molecular complexity index is 1030. The van der Waals surface area contributed by atoms with E-state index in [1.807, 2.05) is 4.90 Å². The monoisotopic (exact) mass is 495 g/mol. The quantitative estimate of drug-likeness (QED) is 0.362. The molecule has 8 heteroatoms. The fourth-order valence-corrected chi connectivity index (χ4v) is 5.15. The zero-order chi connectivity index (χ0) is 25.5. The molecule has 0 spiro atoms. The Morgan fingerprint density at radius 1 is 1.03 bits per heavy atom. The lowest BCUT2D eigenvalue weighted by atomic mass is 9.89. The molecule has 2 heterocycles. The Labute approximate surface area is 213 Å². The molecule has 0 atom stereocenters. The van der Waals surface area contributed by atoms with Gasteiger partial charge in [0.05, 0.1) is 11.5 Å². The first-order valence-electron chi connectivity index (χ1n) is 13.1. The molecular weight excluding hydrogens is 458 g/mol. The minimum atomic E-state index is -0.453. The van der Waals surface area contributed by atoms with Gasteiger partial charge in [-0.05, 0) is 57.3 Å². The molecule has 8 nitrogen and oxygen atoms in total. The number of amides is 1. The molecule has 2 aromatic rings. The van der Waals surface area contributed by atoms with Gasteiger partial charge in [-0.1, -0.05) is 29.8 Å². The average Bonchev–Trinajstić information content (AvgIpc) is 2.89. The van der Waals surface area contributed by atoms with Gasteiger partial charge in [-0.25, -0.2) is 0 Å². The summed E-state index contributed by atoms with van der Waals surface area (Å²) in [5.41, 5.74) is 2.67. The second-order valence-corrected chi connectivity index (χ2v) is 9.79. The van der Waals surface area contributed by atoms with Crippen LogP contribution in [-0.2, 0) is 4.79 Å². The van der Waals surface area contributed by atoms with Gasteiger partial charge in [0.2, 0.25) is 11.7 Å². The number of aryl methyl sites for hydroxylation is 1. The zero-order valence-electron chi connectivity index (χ0n) is 21.4. The molecule has 0 aliphatic carbocycles. The number of benzene rings is 2. The van der Waals surface area contributed by atoms with Crippen LogP contribution in [0.5, 0.6) is 11.5 Å². The van der Waals surface area contributed by atoms with Crippen molar-refractivity contribution < 1.29 is 19.2 Å². The van der Waals surface area contributed by atoms with Gasteiger partial charge in [0.15, 0.2) is 0 Å². The zero-order valence-corrected chi connectivity index (χ0v) is 21.4. The molecule has 2 aromatic carbocycles. The summed E-state index contributed by atoms with van der Waals surface area (Å²) >= 11 is 0. The van der Waals surface area contributed by atoms with Crippen molar-refractivity contribution in [3.8, 4) is 11.5 Å². The Hall–Kier alpha value is -3.13. The second kappa shape index (κ2) is 12.2. The third-order valence-electron chi connectivity index (χ3n) is 7.30. The molecule has 0 bridgehead atoms. The van der Waals surface area contributed by atoms with Crippen molar-refractivity contribution in [3.63, 3.8) is 0 Å². The fourth-order valence-electron chi connectivity index (χ4n) is 5.15. The van der Waals surface area contributed by atoms with Crippen LogP contribution in [0.4, 0.5) is 5.69 Å². The van der Waals surface area contributed by atoms with E-state index in [2.05, 4.69) is 36.1 Å². The number of nitro groups is 1. The summed E-state index contributed by atoms with van der Waals surface area (Å²) in [5.74, 6) is 1.61. The van der Waals surface area contributed by atoms with Gasteiger partial charge in [-0.3, -0.25) is 14.9 Å². The van der Waals surface area contributed by atoms with Crippen molar-refractivity contribution in [2.75, 3.05) is 39.3 Å². The summed E-state index contributed by atoms with van der Waals surface area (Å²) in [6.07, 6.45) is 4.32. The van der Waals surface area contributed by atoms with E-state index in [1.54, 1.807) is 19.1 Å². The van der Waals surface area contributed by atoms with Gasteiger partial charge in [0, 0.05) is 51.0 Å². The van der Waals surface area contributed by atoms with E-state index >= 15 is 0 Å². The van der Waals surface area contributed by atoms with Crippen LogP contribution in [0.15, 0.2) is 42.5 Å². The molecule has 0 saturated carbocycles. The minimum absolute atomic E-state index is 0.0224. The molecule has 2 aliphatic rings. The third-order valence-corrected chi connectivity index (χ3v) is 7.30. The van der Waals surface area contributed by atoms with Crippen LogP contribution in [0.1, 0.15) is 56.1 Å². The van der Waals surface area contributed by atoms with Crippen LogP contribution < -0.4 is 9.47 Å². The van der Waals surface area contributed by atoms with E-state index in [0.717, 1.165) is 45.3 Å². The number of piperidine rings is 2. The lowest BCUT2D eigenvalue weighted by molar-refractivity contribution is -0.385. The topological polar surface area (TPSA) is 85.2 Å². The van der Waals surface area contributed by atoms with E-state index in [9.17, 15) is 14.9 Å². The van der Waals surface area contributed by atoms with E-state index < -0.39 is 4.92 Å². The number of ether oxygens (including phenoxy) is 2. The Kier molecular flexibility index (Phi) is 8.80. The molecule has 2 saturated heterocycles. The highest BCUT2D eigenvalue weighted by atomic mass is 16.6. The van der Waals surface area contributed by atoms with Gasteiger partial charge < -0.3 is 19.3 Å². The molecule has 0 aromatic heterocycles. The molecule has 1 amide bonds. The van der Waals surface area contributed by atoms with E-state index in [4.69, 9.17) is 9.47 Å². The first kappa shape index (κ1) is 25.9. The number of carbonyl (C=O) groups is 1. The van der Waals surface area contributed by atoms with Gasteiger partial charge in [-0.15, -0.1) is 0 Å². The Morgan fingerprint density at radius 3 is 2.36 bits per heavy atom. The molecule has 0 N–H and O–H groups in total. The molecule has 4 rings (SSSR count). The van der Waals surface area contributed by atoms with Crippen molar-refractivity contribution in [1.82, 2.24) is 9.80 Å². The van der Waals surface area contributed by atoms with Gasteiger partial charge in [-0.2, -0.15) is 0 Å². The van der Waals surface area contributed by atoms with Gasteiger partial charge in [0.25, 0.3) is 0 Å². The van der Waals surface area contributed by atoms with Crippen LogP contribution in [0, 0.1) is 17.0 Å². The third kappa shape index (κ3) is 6.75. The van der Waals surface area contributed by atoms with E-state index in [0.29, 0.717) is 37.8 Å². The number of rotatable bonds is 9. The van der Waals surface area contributed by atoms with Crippen molar-refractivity contribution in [1.29, 1.82) is 0 Å². The molecule has 0 unspecified atom stereocenters. The number of nitrogens with zero attached hydrogens (tertiary/aromatic N) is 3. The Morgan fingerprint density at radius 2 is 1.72 bits per heavy atom. The largest absolute Gasteiger partial charge is 0.490 e.